The molecule has 2 aromatic carbocycles. The van der Waals surface area contributed by atoms with Crippen LogP contribution in [-0.2, 0) is 16.4 Å². The second-order valence-electron chi connectivity index (χ2n) is 5.92. The summed E-state index contributed by atoms with van der Waals surface area (Å²) in [6.07, 6.45) is 0.434. The highest BCUT2D eigenvalue weighted by molar-refractivity contribution is 7.89. The van der Waals surface area contributed by atoms with Crippen LogP contribution in [0.3, 0.4) is 0 Å². The molecule has 0 saturated heterocycles. The smallest absolute Gasteiger partial charge is 0.293 e. The number of hydroxylamine groups is 1. The van der Waals surface area contributed by atoms with Crippen LogP contribution < -0.4 is 9.57 Å². The summed E-state index contributed by atoms with van der Waals surface area (Å²) in [7, 11) is -2.67. The zero-order chi connectivity index (χ0) is 19.5. The van der Waals surface area contributed by atoms with Gasteiger partial charge in [0.15, 0.2) is 0 Å². The highest BCUT2D eigenvalue weighted by Gasteiger charge is 2.24. The molecule has 2 aromatic rings. The van der Waals surface area contributed by atoms with Crippen molar-refractivity contribution in [1.82, 2.24) is 10.0 Å². The Labute approximate surface area is 153 Å². The molecule has 1 amide bonds. The molecule has 0 aliphatic heterocycles. The quantitative estimate of drug-likeness (QED) is 0.595. The Morgan fingerprint density at radius 2 is 1.77 bits per heavy atom. The molecule has 0 saturated carbocycles. The lowest BCUT2D eigenvalue weighted by atomic mass is 10.1. The van der Waals surface area contributed by atoms with Gasteiger partial charge >= 0.3 is 0 Å². The van der Waals surface area contributed by atoms with Crippen LogP contribution >= 0.6 is 0 Å². The molecule has 0 spiro atoms. The normalized spacial score (nSPS) is 11.3. The first-order chi connectivity index (χ1) is 12.2. The number of benzene rings is 2. The van der Waals surface area contributed by atoms with Crippen LogP contribution in [0.2, 0.25) is 0 Å². The van der Waals surface area contributed by atoms with Crippen molar-refractivity contribution in [3.8, 4) is 5.75 Å². The average Bonchev–Trinajstić information content (AvgIpc) is 2.59. The molecule has 0 bridgehead atoms. The monoisotopic (exact) mass is 378 g/mol. The van der Waals surface area contributed by atoms with Gasteiger partial charge in [0.25, 0.3) is 15.9 Å². The first-order valence-corrected chi connectivity index (χ1v) is 9.47. The lowest BCUT2D eigenvalue weighted by molar-refractivity contribution is -0.0761. The molecule has 26 heavy (non-hydrogen) atoms. The number of methoxy groups -OCH3 is 1. The van der Waals surface area contributed by atoms with Gasteiger partial charge in [-0.05, 0) is 56.2 Å². The number of hydrogen-bond acceptors (Lipinski definition) is 5. The summed E-state index contributed by atoms with van der Waals surface area (Å²) in [6.45, 7) is 5.41. The van der Waals surface area contributed by atoms with Crippen molar-refractivity contribution in [1.29, 1.82) is 0 Å². The van der Waals surface area contributed by atoms with Crippen molar-refractivity contribution < 1.29 is 23.2 Å². The van der Waals surface area contributed by atoms with Gasteiger partial charge < -0.3 is 4.74 Å². The molecule has 2 N–H and O–H groups in total. The van der Waals surface area contributed by atoms with E-state index in [-0.39, 0.29) is 15.6 Å². The summed E-state index contributed by atoms with van der Waals surface area (Å²) in [6, 6.07) is 9.47. The van der Waals surface area contributed by atoms with Gasteiger partial charge in [-0.25, -0.2) is 8.42 Å². The van der Waals surface area contributed by atoms with Gasteiger partial charge in [-0.3, -0.25) is 10.0 Å². The Balaban J connectivity index is 2.29. The molecular formula is C18H22N2O5S. The number of nitrogens with zero attached hydrogens (tertiary/aromatic N) is 1. The lowest BCUT2D eigenvalue weighted by Crippen LogP contribution is -2.44. The second kappa shape index (κ2) is 7.86. The van der Waals surface area contributed by atoms with Crippen molar-refractivity contribution in [3.05, 3.63) is 58.7 Å². The zero-order valence-electron chi connectivity index (χ0n) is 15.1. The summed E-state index contributed by atoms with van der Waals surface area (Å²) < 4.78 is 30.3. The predicted octanol–water partition coefficient (Wildman–Crippen LogP) is 2.60. The van der Waals surface area contributed by atoms with E-state index in [1.165, 1.54) is 19.2 Å². The van der Waals surface area contributed by atoms with E-state index in [0.717, 1.165) is 11.1 Å². The summed E-state index contributed by atoms with van der Waals surface area (Å²) >= 11 is 0. The SMILES string of the molecule is CCc1cc(OC)ccc1S(=O)(=O)NN(O)C(=O)c1cc(C)cc(C)c1. The van der Waals surface area contributed by atoms with Crippen molar-refractivity contribution in [2.24, 2.45) is 0 Å². The van der Waals surface area contributed by atoms with E-state index in [9.17, 15) is 18.4 Å². The van der Waals surface area contributed by atoms with Gasteiger partial charge in [0, 0.05) is 5.56 Å². The highest BCUT2D eigenvalue weighted by Crippen LogP contribution is 2.22. The third-order valence-electron chi connectivity index (χ3n) is 3.81. The third kappa shape index (κ3) is 4.40. The maximum absolute atomic E-state index is 12.6. The molecule has 0 aliphatic rings. The molecule has 0 radical (unpaired) electrons. The Bertz CT molecular complexity index is 905. The van der Waals surface area contributed by atoms with Crippen molar-refractivity contribution >= 4 is 15.9 Å². The molecular weight excluding hydrogens is 356 g/mol. The number of nitrogens with one attached hydrogen (secondary N) is 1. The lowest BCUT2D eigenvalue weighted by Gasteiger charge is -2.18. The van der Waals surface area contributed by atoms with Crippen molar-refractivity contribution in [3.63, 3.8) is 0 Å². The van der Waals surface area contributed by atoms with Crippen LogP contribution in [0.15, 0.2) is 41.3 Å². The molecule has 0 fully saturated rings. The number of rotatable bonds is 6. The maximum Gasteiger partial charge on any atom is 0.293 e. The molecule has 8 heteroatoms. The average molecular weight is 378 g/mol. The summed E-state index contributed by atoms with van der Waals surface area (Å²) in [4.78, 5) is 14.2. The molecule has 2 rings (SSSR count). The minimum atomic E-state index is -4.15. The van der Waals surface area contributed by atoms with Crippen LogP contribution in [0.4, 0.5) is 0 Å². The van der Waals surface area contributed by atoms with E-state index in [0.29, 0.717) is 17.7 Å². The zero-order valence-corrected chi connectivity index (χ0v) is 15.9. The van der Waals surface area contributed by atoms with Gasteiger partial charge in [-0.2, -0.15) is 0 Å². The van der Waals surface area contributed by atoms with E-state index in [1.807, 2.05) is 10.9 Å². The standard InChI is InChI=1S/C18H22N2O5S/c1-5-14-11-16(25-4)6-7-17(14)26(23,24)19-20(22)18(21)15-9-12(2)8-13(3)10-15/h6-11,19,22H,5H2,1-4H3. The number of hydrogen-bond donors (Lipinski definition) is 2. The first kappa shape index (κ1) is 19.9. The summed E-state index contributed by atoms with van der Waals surface area (Å²) in [5.74, 6) is -0.347. The number of carbonyl (C=O) groups is 1. The van der Waals surface area contributed by atoms with Crippen LogP contribution in [0, 0.1) is 13.8 Å². The number of carbonyl (C=O) groups excluding carboxylic acids is 1. The fourth-order valence-electron chi connectivity index (χ4n) is 2.65. The fraction of sp³-hybridized carbons (Fsp3) is 0.278. The Kier molecular flexibility index (Phi) is 6.01. The molecule has 0 aliphatic carbocycles. The summed E-state index contributed by atoms with van der Waals surface area (Å²) in [5, 5.41) is 9.98. The van der Waals surface area contributed by atoms with Crippen molar-refractivity contribution in [2.75, 3.05) is 7.11 Å². The van der Waals surface area contributed by atoms with Crippen LogP contribution in [0.5, 0.6) is 5.75 Å². The molecule has 0 atom stereocenters. The number of sulfonamides is 1. The first-order valence-electron chi connectivity index (χ1n) is 7.99. The predicted molar refractivity (Wildman–Crippen MR) is 96.6 cm³/mol. The van der Waals surface area contributed by atoms with Gasteiger partial charge in [0.2, 0.25) is 0 Å². The maximum atomic E-state index is 12.6. The van der Waals surface area contributed by atoms with E-state index in [4.69, 9.17) is 4.74 Å². The molecule has 0 heterocycles. The molecule has 7 nitrogen and oxygen atoms in total. The molecule has 0 unspecified atom stereocenters. The number of aryl methyl sites for hydroxylation is 3. The van der Waals surface area contributed by atoms with Crippen LogP contribution in [0.1, 0.15) is 34.0 Å². The van der Waals surface area contributed by atoms with E-state index >= 15 is 0 Å². The summed E-state index contributed by atoms with van der Waals surface area (Å²) in [5.41, 5.74) is 2.34. The van der Waals surface area contributed by atoms with Crippen molar-refractivity contribution in [2.45, 2.75) is 32.1 Å². The van der Waals surface area contributed by atoms with E-state index < -0.39 is 15.9 Å². The number of amides is 1. The minimum absolute atomic E-state index is 0.00673. The molecule has 140 valence electrons. The highest BCUT2D eigenvalue weighted by atomic mass is 32.2. The fourth-order valence-corrected chi connectivity index (χ4v) is 3.85. The second-order valence-corrected chi connectivity index (χ2v) is 7.54. The number of ether oxygens (including phenoxy) is 1. The van der Waals surface area contributed by atoms with E-state index in [1.54, 1.807) is 39.0 Å². The van der Waals surface area contributed by atoms with Crippen LogP contribution in [-0.4, -0.2) is 31.8 Å². The van der Waals surface area contributed by atoms with Gasteiger partial charge in [0.05, 0.1) is 12.0 Å². The minimum Gasteiger partial charge on any atom is -0.497 e. The molecule has 0 aromatic heterocycles. The van der Waals surface area contributed by atoms with Gasteiger partial charge in [-0.15, -0.1) is 5.17 Å². The van der Waals surface area contributed by atoms with Crippen LogP contribution in [0.25, 0.3) is 0 Å². The topological polar surface area (TPSA) is 95.9 Å². The Morgan fingerprint density at radius 3 is 2.31 bits per heavy atom. The Morgan fingerprint density at radius 1 is 1.15 bits per heavy atom. The Hall–Kier alpha value is -2.42. The largest absolute Gasteiger partial charge is 0.497 e. The third-order valence-corrected chi connectivity index (χ3v) is 5.20. The van der Waals surface area contributed by atoms with Gasteiger partial charge in [0.1, 0.15) is 5.75 Å². The van der Waals surface area contributed by atoms with E-state index in [2.05, 4.69) is 0 Å². The number of hydrazine groups is 1. The van der Waals surface area contributed by atoms with Gasteiger partial charge in [-0.1, -0.05) is 28.9 Å².